The molecule has 0 aromatic heterocycles. The zero-order chi connectivity index (χ0) is 33.8. The molecule has 0 radical (unpaired) electrons. The number of rotatable bonds is 38. The summed E-state index contributed by atoms with van der Waals surface area (Å²) in [6.07, 6.45) is 0. The molecule has 1 rings (SSSR count). The third kappa shape index (κ3) is 30.4. The van der Waals surface area contributed by atoms with E-state index in [4.69, 9.17) is 61.0 Å². The van der Waals surface area contributed by atoms with Crippen LogP contribution in [0.1, 0.15) is 0 Å². The van der Waals surface area contributed by atoms with Crippen LogP contribution in [0.4, 0.5) is 0 Å². The van der Waals surface area contributed by atoms with E-state index < -0.39 is 10.1 Å². The molecule has 0 atom stereocenters. The van der Waals surface area contributed by atoms with Crippen LogP contribution in [0.2, 0.25) is 0 Å². The smallest absolute Gasteiger partial charge is 0.297 e. The summed E-state index contributed by atoms with van der Waals surface area (Å²) in [5, 5.41) is 0. The molecular formula is C31H56O15S. The predicted octanol–water partition coefficient (Wildman–Crippen LogP) is 1.22. The number of ether oxygens (including phenoxy) is 12. The van der Waals surface area contributed by atoms with E-state index in [1.54, 1.807) is 25.3 Å². The second kappa shape index (κ2) is 34.5. The van der Waals surface area contributed by atoms with Crippen LogP contribution in [0.15, 0.2) is 35.2 Å². The fourth-order valence-electron chi connectivity index (χ4n) is 3.30. The van der Waals surface area contributed by atoms with Crippen LogP contribution in [0.5, 0.6) is 0 Å². The molecule has 0 saturated heterocycles. The highest BCUT2D eigenvalue weighted by Gasteiger charge is 2.13. The SMILES string of the molecule is COCCOCCOCCOCCOCCOCCOCCOCCOCCOCCOCCOCCOS(=O)(=O)c1ccccc1. The molecule has 1 aromatic rings. The third-order valence-electron chi connectivity index (χ3n) is 5.65. The Hall–Kier alpha value is -1.35. The number of hydrogen-bond donors (Lipinski definition) is 0. The molecule has 0 aliphatic rings. The van der Waals surface area contributed by atoms with E-state index in [1.165, 1.54) is 12.1 Å². The van der Waals surface area contributed by atoms with Crippen molar-refractivity contribution < 1.29 is 69.4 Å². The second-order valence-corrected chi connectivity index (χ2v) is 10.9. The summed E-state index contributed by atoms with van der Waals surface area (Å²) >= 11 is 0. The van der Waals surface area contributed by atoms with Gasteiger partial charge in [-0.25, -0.2) is 0 Å². The standard InChI is InChI=1S/C31H56O15S/c1-34-7-8-35-9-10-36-11-12-37-13-14-38-15-16-39-17-18-40-19-20-41-21-22-42-23-24-43-25-26-44-27-28-45-29-30-46-47(32,33)31-5-3-2-4-6-31/h2-6H,7-30H2,1H3. The molecule has 15 nitrogen and oxygen atoms in total. The molecule has 16 heteroatoms. The monoisotopic (exact) mass is 700 g/mol. The van der Waals surface area contributed by atoms with Gasteiger partial charge >= 0.3 is 0 Å². The lowest BCUT2D eigenvalue weighted by molar-refractivity contribution is -0.0282. The first-order valence-electron chi connectivity index (χ1n) is 16.0. The van der Waals surface area contributed by atoms with Crippen molar-refractivity contribution in [3.05, 3.63) is 30.3 Å². The van der Waals surface area contributed by atoms with Crippen LogP contribution in [-0.2, 0) is 71.1 Å². The Bertz CT molecular complexity index is 864. The molecule has 0 N–H and O–H groups in total. The molecule has 0 bridgehead atoms. The van der Waals surface area contributed by atoms with Gasteiger partial charge in [-0.3, -0.25) is 4.18 Å². The maximum atomic E-state index is 12.0. The summed E-state index contributed by atoms with van der Waals surface area (Å²) in [5.41, 5.74) is 0. The lowest BCUT2D eigenvalue weighted by atomic mass is 10.4. The largest absolute Gasteiger partial charge is 0.382 e. The van der Waals surface area contributed by atoms with Crippen molar-refractivity contribution in [3.8, 4) is 0 Å². The molecule has 0 aliphatic carbocycles. The van der Waals surface area contributed by atoms with Gasteiger partial charge in [0.05, 0.1) is 163 Å². The normalized spacial score (nSPS) is 11.9. The van der Waals surface area contributed by atoms with Crippen molar-refractivity contribution in [2.24, 2.45) is 0 Å². The Morgan fingerprint density at radius 1 is 0.362 bits per heavy atom. The fourth-order valence-corrected chi connectivity index (χ4v) is 4.22. The Morgan fingerprint density at radius 3 is 0.851 bits per heavy atom. The summed E-state index contributed by atoms with van der Waals surface area (Å²) in [6, 6.07) is 7.98. The Balaban J connectivity index is 1.65. The van der Waals surface area contributed by atoms with Gasteiger partial charge in [0.1, 0.15) is 0 Å². The second-order valence-electron chi connectivity index (χ2n) is 9.32. The van der Waals surface area contributed by atoms with Gasteiger partial charge in [0.15, 0.2) is 0 Å². The zero-order valence-corrected chi connectivity index (χ0v) is 28.7. The van der Waals surface area contributed by atoms with Gasteiger partial charge in [-0.1, -0.05) is 18.2 Å². The maximum absolute atomic E-state index is 12.0. The van der Waals surface area contributed by atoms with Crippen molar-refractivity contribution in [2.45, 2.75) is 4.90 Å². The average molecular weight is 701 g/mol. The van der Waals surface area contributed by atoms with Gasteiger partial charge in [0, 0.05) is 7.11 Å². The van der Waals surface area contributed by atoms with Crippen molar-refractivity contribution >= 4 is 10.1 Å². The summed E-state index contributed by atoms with van der Waals surface area (Å²) in [6.45, 7) is 10.8. The van der Waals surface area contributed by atoms with E-state index in [2.05, 4.69) is 0 Å². The molecule has 1 aromatic carbocycles. The van der Waals surface area contributed by atoms with Gasteiger partial charge in [-0.2, -0.15) is 8.42 Å². The van der Waals surface area contributed by atoms with Gasteiger partial charge < -0.3 is 56.8 Å². The summed E-state index contributed by atoms with van der Waals surface area (Å²) in [5.74, 6) is 0. The summed E-state index contributed by atoms with van der Waals surface area (Å²) < 4.78 is 93.3. The highest BCUT2D eigenvalue weighted by molar-refractivity contribution is 7.86. The molecule has 0 saturated carbocycles. The van der Waals surface area contributed by atoms with Crippen LogP contribution in [0.25, 0.3) is 0 Å². The zero-order valence-electron chi connectivity index (χ0n) is 27.9. The first kappa shape index (κ1) is 43.7. The lowest BCUT2D eigenvalue weighted by Gasteiger charge is -2.09. The van der Waals surface area contributed by atoms with Gasteiger partial charge in [0.2, 0.25) is 0 Å². The number of methoxy groups -OCH3 is 1. The molecule has 276 valence electrons. The molecule has 0 aliphatic heterocycles. The number of hydrogen-bond acceptors (Lipinski definition) is 15. The topological polar surface area (TPSA) is 154 Å². The van der Waals surface area contributed by atoms with Gasteiger partial charge in [0.25, 0.3) is 10.1 Å². The van der Waals surface area contributed by atoms with Crippen LogP contribution < -0.4 is 0 Å². The average Bonchev–Trinajstić information content (AvgIpc) is 3.08. The molecule has 0 amide bonds. The number of benzene rings is 1. The van der Waals surface area contributed by atoms with Crippen molar-refractivity contribution in [1.82, 2.24) is 0 Å². The minimum Gasteiger partial charge on any atom is -0.382 e. The highest BCUT2D eigenvalue weighted by atomic mass is 32.2. The van der Waals surface area contributed by atoms with Crippen LogP contribution in [0, 0.1) is 0 Å². The first-order valence-corrected chi connectivity index (χ1v) is 17.4. The highest BCUT2D eigenvalue weighted by Crippen LogP contribution is 2.10. The van der Waals surface area contributed by atoms with Crippen LogP contribution in [-0.4, -0.2) is 174 Å². The molecule has 0 unspecified atom stereocenters. The van der Waals surface area contributed by atoms with E-state index in [9.17, 15) is 8.42 Å². The quantitative estimate of drug-likeness (QED) is 0.0717. The summed E-state index contributed by atoms with van der Waals surface area (Å²) in [4.78, 5) is 0.120. The molecular weight excluding hydrogens is 644 g/mol. The van der Waals surface area contributed by atoms with E-state index >= 15 is 0 Å². The van der Waals surface area contributed by atoms with E-state index in [0.717, 1.165) is 0 Å². The van der Waals surface area contributed by atoms with E-state index in [0.29, 0.717) is 145 Å². The van der Waals surface area contributed by atoms with E-state index in [1.807, 2.05) is 0 Å². The molecule has 0 fully saturated rings. The Labute approximate surface area is 280 Å². The Kier molecular flexibility index (Phi) is 32.1. The van der Waals surface area contributed by atoms with Gasteiger partial charge in [-0.05, 0) is 12.1 Å². The van der Waals surface area contributed by atoms with Crippen molar-refractivity contribution in [1.29, 1.82) is 0 Å². The lowest BCUT2D eigenvalue weighted by Crippen LogP contribution is -2.16. The third-order valence-corrected chi connectivity index (χ3v) is 6.98. The minimum absolute atomic E-state index is 0.0592. The first-order chi connectivity index (χ1) is 23.2. The fraction of sp³-hybridized carbons (Fsp3) is 0.806. The molecule has 0 heterocycles. The minimum atomic E-state index is -3.76. The predicted molar refractivity (Wildman–Crippen MR) is 170 cm³/mol. The van der Waals surface area contributed by atoms with Gasteiger partial charge in [-0.15, -0.1) is 0 Å². The van der Waals surface area contributed by atoms with Crippen LogP contribution >= 0.6 is 0 Å². The van der Waals surface area contributed by atoms with Crippen molar-refractivity contribution in [2.75, 3.05) is 166 Å². The van der Waals surface area contributed by atoms with Crippen LogP contribution in [0.3, 0.4) is 0 Å². The summed E-state index contributed by atoms with van der Waals surface area (Å²) in [7, 11) is -2.12. The molecule has 47 heavy (non-hydrogen) atoms. The Morgan fingerprint density at radius 2 is 0.596 bits per heavy atom. The van der Waals surface area contributed by atoms with E-state index in [-0.39, 0.29) is 18.1 Å². The maximum Gasteiger partial charge on any atom is 0.297 e. The van der Waals surface area contributed by atoms with Crippen molar-refractivity contribution in [3.63, 3.8) is 0 Å². The molecule has 0 spiro atoms.